The molecule has 4 aromatic rings. The van der Waals surface area contributed by atoms with Gasteiger partial charge in [0.15, 0.2) is 0 Å². The average molecular weight is 210 g/mol. The molecule has 0 spiro atoms. The summed E-state index contributed by atoms with van der Waals surface area (Å²) < 4.78 is 1.32. The van der Waals surface area contributed by atoms with Gasteiger partial charge in [-0.25, -0.2) is 9.97 Å². The Labute approximate surface area is 89.5 Å². The summed E-state index contributed by atoms with van der Waals surface area (Å²) in [5.41, 5.74) is 2.08. The van der Waals surface area contributed by atoms with Crippen molar-refractivity contribution in [3.63, 3.8) is 0 Å². The first-order valence-electron chi connectivity index (χ1n) is 4.76. The Hall–Kier alpha value is -1.74. The van der Waals surface area contributed by atoms with E-state index < -0.39 is 0 Å². The molecule has 0 saturated carbocycles. The van der Waals surface area contributed by atoms with E-state index in [-0.39, 0.29) is 0 Å². The summed E-state index contributed by atoms with van der Waals surface area (Å²) in [5, 5.41) is 6.00. The highest BCUT2D eigenvalue weighted by Crippen LogP contribution is 2.35. The Morgan fingerprint density at radius 2 is 1.67 bits per heavy atom. The van der Waals surface area contributed by atoms with Crippen LogP contribution in [0.3, 0.4) is 0 Å². The fourth-order valence-corrected chi connectivity index (χ4v) is 3.08. The van der Waals surface area contributed by atoms with Gasteiger partial charge in [0.1, 0.15) is 6.33 Å². The molecule has 0 aliphatic rings. The van der Waals surface area contributed by atoms with Crippen molar-refractivity contribution in [2.75, 3.05) is 0 Å². The monoisotopic (exact) mass is 210 g/mol. The van der Waals surface area contributed by atoms with E-state index in [0.717, 1.165) is 11.0 Å². The van der Waals surface area contributed by atoms with Gasteiger partial charge in [-0.2, -0.15) is 0 Å². The summed E-state index contributed by atoms with van der Waals surface area (Å²) >= 11 is 1.78. The molecule has 3 heteroatoms. The normalized spacial score (nSPS) is 12.0. The van der Waals surface area contributed by atoms with Gasteiger partial charge >= 0.3 is 0 Å². The number of hydrogen-bond acceptors (Lipinski definition) is 3. The summed E-state index contributed by atoms with van der Waals surface area (Å²) in [6.45, 7) is 0. The van der Waals surface area contributed by atoms with E-state index in [2.05, 4.69) is 39.6 Å². The molecule has 2 aromatic carbocycles. The number of aromatic nitrogens is 2. The van der Waals surface area contributed by atoms with E-state index in [1.807, 2.05) is 0 Å². The predicted molar refractivity (Wildman–Crippen MR) is 63.6 cm³/mol. The van der Waals surface area contributed by atoms with Gasteiger partial charge < -0.3 is 0 Å². The van der Waals surface area contributed by atoms with Crippen molar-refractivity contribution in [1.82, 2.24) is 9.97 Å². The maximum atomic E-state index is 4.31. The number of hydrogen-bond donors (Lipinski definition) is 0. The number of thiophene rings is 1. The Bertz CT molecular complexity index is 712. The van der Waals surface area contributed by atoms with Gasteiger partial charge in [-0.3, -0.25) is 0 Å². The molecule has 70 valence electrons. The van der Waals surface area contributed by atoms with Gasteiger partial charge in [0, 0.05) is 15.5 Å². The molecule has 0 amide bonds. The number of benzene rings is 2. The molecule has 0 aliphatic carbocycles. The van der Waals surface area contributed by atoms with E-state index >= 15 is 0 Å². The minimum absolute atomic E-state index is 1.04. The Kier molecular flexibility index (Phi) is 1.22. The SMILES string of the molecule is c1nc2ccc3csc4ccc(n1)c2c34. The van der Waals surface area contributed by atoms with Crippen molar-refractivity contribution in [3.8, 4) is 0 Å². The topological polar surface area (TPSA) is 25.8 Å². The molecule has 0 N–H and O–H groups in total. The van der Waals surface area contributed by atoms with Crippen LogP contribution < -0.4 is 0 Å². The first kappa shape index (κ1) is 7.54. The fraction of sp³-hybridized carbons (Fsp3) is 0. The van der Waals surface area contributed by atoms with Gasteiger partial charge in [-0.1, -0.05) is 6.07 Å². The molecule has 0 fully saturated rings. The Balaban J connectivity index is 2.54. The Morgan fingerprint density at radius 1 is 0.867 bits per heavy atom. The van der Waals surface area contributed by atoms with Crippen LogP contribution in [0, 0.1) is 0 Å². The van der Waals surface area contributed by atoms with E-state index in [1.54, 1.807) is 17.7 Å². The third-order valence-corrected chi connectivity index (χ3v) is 3.78. The third-order valence-electron chi connectivity index (χ3n) is 2.82. The first-order valence-corrected chi connectivity index (χ1v) is 5.64. The highest BCUT2D eigenvalue weighted by molar-refractivity contribution is 7.18. The van der Waals surface area contributed by atoms with Crippen LogP contribution in [0.25, 0.3) is 31.9 Å². The van der Waals surface area contributed by atoms with Gasteiger partial charge in [0.25, 0.3) is 0 Å². The summed E-state index contributed by atoms with van der Waals surface area (Å²) in [5.74, 6) is 0. The average Bonchev–Trinajstić information content (AvgIpc) is 2.71. The van der Waals surface area contributed by atoms with Crippen molar-refractivity contribution in [2.24, 2.45) is 0 Å². The zero-order chi connectivity index (χ0) is 9.83. The van der Waals surface area contributed by atoms with Crippen LogP contribution in [0.4, 0.5) is 0 Å². The quantitative estimate of drug-likeness (QED) is 0.444. The van der Waals surface area contributed by atoms with Crippen molar-refractivity contribution < 1.29 is 0 Å². The Morgan fingerprint density at radius 3 is 2.53 bits per heavy atom. The molecule has 2 heterocycles. The van der Waals surface area contributed by atoms with Crippen molar-refractivity contribution >= 4 is 43.2 Å². The van der Waals surface area contributed by atoms with Crippen LogP contribution in [0.2, 0.25) is 0 Å². The zero-order valence-corrected chi connectivity index (χ0v) is 8.58. The van der Waals surface area contributed by atoms with Crippen LogP contribution in [0.1, 0.15) is 0 Å². The lowest BCUT2D eigenvalue weighted by Gasteiger charge is -2.03. The highest BCUT2D eigenvalue weighted by Gasteiger charge is 2.09. The molecular weight excluding hydrogens is 204 g/mol. The summed E-state index contributed by atoms with van der Waals surface area (Å²) in [7, 11) is 0. The molecule has 15 heavy (non-hydrogen) atoms. The highest BCUT2D eigenvalue weighted by atomic mass is 32.1. The summed E-state index contributed by atoms with van der Waals surface area (Å²) in [6, 6.07) is 8.41. The lowest BCUT2D eigenvalue weighted by Crippen LogP contribution is -1.85. The smallest absolute Gasteiger partial charge is 0.116 e. The molecule has 2 nitrogen and oxygen atoms in total. The molecule has 0 saturated heterocycles. The van der Waals surface area contributed by atoms with Crippen LogP contribution in [-0.2, 0) is 0 Å². The lowest BCUT2D eigenvalue weighted by atomic mass is 10.1. The van der Waals surface area contributed by atoms with E-state index in [0.29, 0.717) is 0 Å². The summed E-state index contributed by atoms with van der Waals surface area (Å²) in [4.78, 5) is 8.61. The molecule has 0 unspecified atom stereocenters. The molecule has 0 radical (unpaired) electrons. The largest absolute Gasteiger partial charge is 0.236 e. The molecule has 0 bridgehead atoms. The number of rotatable bonds is 0. The molecule has 2 aromatic heterocycles. The summed E-state index contributed by atoms with van der Waals surface area (Å²) in [6.07, 6.45) is 1.63. The zero-order valence-electron chi connectivity index (χ0n) is 7.77. The van der Waals surface area contributed by atoms with Crippen LogP contribution >= 0.6 is 11.3 Å². The van der Waals surface area contributed by atoms with Crippen LogP contribution in [0.5, 0.6) is 0 Å². The van der Waals surface area contributed by atoms with Gasteiger partial charge in [-0.05, 0) is 29.0 Å². The third kappa shape index (κ3) is 0.837. The second-order valence-electron chi connectivity index (χ2n) is 3.62. The molecule has 0 atom stereocenters. The number of nitrogens with zero attached hydrogens (tertiary/aromatic N) is 2. The van der Waals surface area contributed by atoms with Crippen LogP contribution in [-0.4, -0.2) is 9.97 Å². The standard InChI is InChI=1S/C12H6N2S/c1-2-8-12-9(14-6-13-8)3-4-10-11(12)7(1)5-15-10/h1-6H. The molecule has 4 rings (SSSR count). The van der Waals surface area contributed by atoms with Crippen molar-refractivity contribution in [2.45, 2.75) is 0 Å². The second kappa shape index (κ2) is 2.44. The minimum atomic E-state index is 1.04. The predicted octanol–water partition coefficient (Wildman–Crippen LogP) is 3.44. The van der Waals surface area contributed by atoms with E-state index in [4.69, 9.17) is 0 Å². The minimum Gasteiger partial charge on any atom is -0.236 e. The van der Waals surface area contributed by atoms with Gasteiger partial charge in [-0.15, -0.1) is 11.3 Å². The maximum Gasteiger partial charge on any atom is 0.116 e. The van der Waals surface area contributed by atoms with Gasteiger partial charge in [0.2, 0.25) is 0 Å². The first-order chi connectivity index (χ1) is 7.43. The molecule has 0 aliphatic heterocycles. The fourth-order valence-electron chi connectivity index (χ4n) is 2.15. The lowest BCUT2D eigenvalue weighted by molar-refractivity contribution is 1.26. The van der Waals surface area contributed by atoms with E-state index in [9.17, 15) is 0 Å². The second-order valence-corrected chi connectivity index (χ2v) is 4.53. The van der Waals surface area contributed by atoms with Crippen molar-refractivity contribution in [1.29, 1.82) is 0 Å². The maximum absolute atomic E-state index is 4.31. The van der Waals surface area contributed by atoms with Crippen molar-refractivity contribution in [3.05, 3.63) is 36.0 Å². The van der Waals surface area contributed by atoms with E-state index in [1.165, 1.54) is 20.9 Å². The van der Waals surface area contributed by atoms with Crippen LogP contribution in [0.15, 0.2) is 36.0 Å². The van der Waals surface area contributed by atoms with Gasteiger partial charge in [0.05, 0.1) is 11.0 Å². The molecular formula is C12H6N2S.